The summed E-state index contributed by atoms with van der Waals surface area (Å²) in [5, 5.41) is 7.03. The van der Waals surface area contributed by atoms with Crippen molar-refractivity contribution in [3.05, 3.63) is 52.3 Å². The van der Waals surface area contributed by atoms with Crippen molar-refractivity contribution in [3.8, 4) is 0 Å². The Morgan fingerprint density at radius 2 is 1.92 bits per heavy atom. The fraction of sp³-hybridized carbons (Fsp3) is 0.412. The SMILES string of the molecule is O=C(NCCn1cc(Br)cn1)C1(c2cc(F)cc(F)c2)CCCC1. The van der Waals surface area contributed by atoms with Crippen molar-refractivity contribution < 1.29 is 13.6 Å². The van der Waals surface area contributed by atoms with Crippen LogP contribution < -0.4 is 5.32 Å². The molecular formula is C17H18BrF2N3O. The second kappa shape index (κ2) is 7.01. The number of hydrogen-bond donors (Lipinski definition) is 1. The van der Waals surface area contributed by atoms with E-state index in [1.807, 2.05) is 6.20 Å². The summed E-state index contributed by atoms with van der Waals surface area (Å²) in [7, 11) is 0. The molecule has 1 fully saturated rings. The molecule has 128 valence electrons. The highest BCUT2D eigenvalue weighted by atomic mass is 79.9. The maximum Gasteiger partial charge on any atom is 0.230 e. The number of halogens is 3. The van der Waals surface area contributed by atoms with E-state index in [4.69, 9.17) is 0 Å². The largest absolute Gasteiger partial charge is 0.353 e. The molecule has 0 bridgehead atoms. The van der Waals surface area contributed by atoms with Crippen LogP contribution in [0.4, 0.5) is 8.78 Å². The summed E-state index contributed by atoms with van der Waals surface area (Å²) >= 11 is 3.32. The third kappa shape index (κ3) is 3.50. The fourth-order valence-electron chi connectivity index (χ4n) is 3.37. The first kappa shape index (κ1) is 17.1. The summed E-state index contributed by atoms with van der Waals surface area (Å²) in [6.45, 7) is 0.942. The van der Waals surface area contributed by atoms with Crippen LogP contribution in [0.1, 0.15) is 31.2 Å². The third-order valence-corrected chi connectivity index (χ3v) is 4.94. The second-order valence-corrected chi connectivity index (χ2v) is 7.04. The standard InChI is InChI=1S/C17H18BrF2N3O/c18-13-10-22-23(11-13)6-5-21-16(24)17(3-1-2-4-17)12-7-14(19)9-15(20)8-12/h7-11H,1-6H2,(H,21,24). The zero-order chi connectivity index (χ0) is 17.2. The summed E-state index contributed by atoms with van der Waals surface area (Å²) in [4.78, 5) is 12.8. The molecule has 1 amide bonds. The van der Waals surface area contributed by atoms with Crippen molar-refractivity contribution in [3.63, 3.8) is 0 Å². The van der Waals surface area contributed by atoms with Gasteiger partial charge in [0.15, 0.2) is 0 Å². The Balaban J connectivity index is 1.73. The van der Waals surface area contributed by atoms with E-state index < -0.39 is 17.0 Å². The van der Waals surface area contributed by atoms with Gasteiger partial charge in [-0.25, -0.2) is 8.78 Å². The molecular weight excluding hydrogens is 380 g/mol. The molecule has 0 saturated heterocycles. The molecule has 24 heavy (non-hydrogen) atoms. The predicted molar refractivity (Wildman–Crippen MR) is 89.4 cm³/mol. The topological polar surface area (TPSA) is 46.9 Å². The Morgan fingerprint density at radius 3 is 2.50 bits per heavy atom. The minimum Gasteiger partial charge on any atom is -0.353 e. The van der Waals surface area contributed by atoms with Gasteiger partial charge in [0.25, 0.3) is 0 Å². The predicted octanol–water partition coefficient (Wildman–Crippen LogP) is 3.55. The van der Waals surface area contributed by atoms with Crippen molar-refractivity contribution in [2.75, 3.05) is 6.54 Å². The maximum absolute atomic E-state index is 13.6. The lowest BCUT2D eigenvalue weighted by Crippen LogP contribution is -2.43. The van der Waals surface area contributed by atoms with E-state index in [0.29, 0.717) is 31.5 Å². The fourth-order valence-corrected chi connectivity index (χ4v) is 3.70. The minimum atomic E-state index is -0.840. The lowest BCUT2D eigenvalue weighted by atomic mass is 9.78. The Labute approximate surface area is 147 Å². The molecule has 1 aromatic heterocycles. The molecule has 1 heterocycles. The summed E-state index contributed by atoms with van der Waals surface area (Å²) in [5.41, 5.74) is -0.412. The zero-order valence-electron chi connectivity index (χ0n) is 13.1. The van der Waals surface area contributed by atoms with Gasteiger partial charge < -0.3 is 5.32 Å². The zero-order valence-corrected chi connectivity index (χ0v) is 14.7. The monoisotopic (exact) mass is 397 g/mol. The highest BCUT2D eigenvalue weighted by molar-refractivity contribution is 9.10. The number of aromatic nitrogens is 2. The number of hydrogen-bond acceptors (Lipinski definition) is 2. The molecule has 0 unspecified atom stereocenters. The van der Waals surface area contributed by atoms with Crippen LogP contribution in [-0.4, -0.2) is 22.2 Å². The molecule has 1 aromatic carbocycles. The van der Waals surface area contributed by atoms with E-state index in [0.717, 1.165) is 23.4 Å². The molecule has 7 heteroatoms. The van der Waals surface area contributed by atoms with Crippen molar-refractivity contribution in [1.29, 1.82) is 0 Å². The summed E-state index contributed by atoms with van der Waals surface area (Å²) < 4.78 is 29.8. The second-order valence-electron chi connectivity index (χ2n) is 6.12. The number of amides is 1. The van der Waals surface area contributed by atoms with Crippen molar-refractivity contribution in [2.24, 2.45) is 0 Å². The van der Waals surface area contributed by atoms with Crippen LogP contribution in [0.2, 0.25) is 0 Å². The highest BCUT2D eigenvalue weighted by Gasteiger charge is 2.43. The normalized spacial score (nSPS) is 16.3. The van der Waals surface area contributed by atoms with Gasteiger partial charge in [-0.2, -0.15) is 5.10 Å². The molecule has 3 rings (SSSR count). The molecule has 0 aliphatic heterocycles. The number of rotatable bonds is 5. The van der Waals surface area contributed by atoms with Gasteiger partial charge in [-0.1, -0.05) is 12.8 Å². The average molecular weight is 398 g/mol. The average Bonchev–Trinajstić information content (AvgIpc) is 3.16. The van der Waals surface area contributed by atoms with Crippen LogP contribution in [0.5, 0.6) is 0 Å². The summed E-state index contributed by atoms with van der Waals surface area (Å²) in [6, 6.07) is 3.39. The van der Waals surface area contributed by atoms with E-state index >= 15 is 0 Å². The van der Waals surface area contributed by atoms with Gasteiger partial charge >= 0.3 is 0 Å². The van der Waals surface area contributed by atoms with Gasteiger partial charge in [0.2, 0.25) is 5.91 Å². The molecule has 0 radical (unpaired) electrons. The van der Waals surface area contributed by atoms with Crippen molar-refractivity contribution in [2.45, 2.75) is 37.6 Å². The van der Waals surface area contributed by atoms with Crippen LogP contribution in [0.3, 0.4) is 0 Å². The third-order valence-electron chi connectivity index (χ3n) is 4.54. The number of nitrogens with zero attached hydrogens (tertiary/aromatic N) is 2. The van der Waals surface area contributed by atoms with Crippen LogP contribution in [0, 0.1) is 11.6 Å². The Morgan fingerprint density at radius 1 is 1.25 bits per heavy atom. The van der Waals surface area contributed by atoms with Gasteiger partial charge in [-0.05, 0) is 46.5 Å². The quantitative estimate of drug-likeness (QED) is 0.838. The molecule has 4 nitrogen and oxygen atoms in total. The van der Waals surface area contributed by atoms with Crippen molar-refractivity contribution >= 4 is 21.8 Å². The van der Waals surface area contributed by atoms with E-state index in [-0.39, 0.29) is 5.91 Å². The van der Waals surface area contributed by atoms with Gasteiger partial charge in [0.05, 0.1) is 22.6 Å². The molecule has 1 aliphatic carbocycles. The molecule has 0 atom stereocenters. The summed E-state index contributed by atoms with van der Waals surface area (Å²) in [5.74, 6) is -1.47. The first-order valence-corrected chi connectivity index (χ1v) is 8.72. The van der Waals surface area contributed by atoms with Gasteiger partial charge in [0.1, 0.15) is 11.6 Å². The lowest BCUT2D eigenvalue weighted by molar-refractivity contribution is -0.126. The van der Waals surface area contributed by atoms with Gasteiger partial charge in [-0.15, -0.1) is 0 Å². The maximum atomic E-state index is 13.6. The van der Waals surface area contributed by atoms with Gasteiger partial charge in [0, 0.05) is 18.8 Å². The highest BCUT2D eigenvalue weighted by Crippen LogP contribution is 2.41. The Bertz CT molecular complexity index is 721. The molecule has 1 N–H and O–H groups in total. The number of carbonyl (C=O) groups excluding carboxylic acids is 1. The first-order chi connectivity index (χ1) is 11.5. The minimum absolute atomic E-state index is 0.170. The van der Waals surface area contributed by atoms with E-state index in [2.05, 4.69) is 26.3 Å². The van der Waals surface area contributed by atoms with E-state index in [1.54, 1.807) is 10.9 Å². The number of carbonyl (C=O) groups is 1. The molecule has 1 saturated carbocycles. The molecule has 0 spiro atoms. The van der Waals surface area contributed by atoms with E-state index in [1.165, 1.54) is 12.1 Å². The van der Waals surface area contributed by atoms with Crippen LogP contribution in [0.25, 0.3) is 0 Å². The number of nitrogens with one attached hydrogen (secondary N) is 1. The van der Waals surface area contributed by atoms with Crippen LogP contribution in [-0.2, 0) is 16.8 Å². The van der Waals surface area contributed by atoms with E-state index in [9.17, 15) is 13.6 Å². The van der Waals surface area contributed by atoms with Gasteiger partial charge in [-0.3, -0.25) is 9.48 Å². The smallest absolute Gasteiger partial charge is 0.230 e. The lowest BCUT2D eigenvalue weighted by Gasteiger charge is -2.28. The number of benzene rings is 1. The molecule has 1 aliphatic rings. The van der Waals surface area contributed by atoms with Crippen LogP contribution in [0.15, 0.2) is 35.1 Å². The Hall–Kier alpha value is -1.76. The summed E-state index contributed by atoms with van der Waals surface area (Å²) in [6.07, 6.45) is 6.45. The molecule has 2 aromatic rings. The first-order valence-electron chi connectivity index (χ1n) is 7.92. The van der Waals surface area contributed by atoms with Crippen LogP contribution >= 0.6 is 15.9 Å². The Kier molecular flexibility index (Phi) is 4.99. The van der Waals surface area contributed by atoms with Crippen molar-refractivity contribution in [1.82, 2.24) is 15.1 Å².